The highest BCUT2D eigenvalue weighted by Gasteiger charge is 2.03. The summed E-state index contributed by atoms with van der Waals surface area (Å²) in [4.78, 5) is 7.50. The van der Waals surface area contributed by atoms with E-state index in [4.69, 9.17) is 5.73 Å². The number of halogens is 1. The lowest BCUT2D eigenvalue weighted by atomic mass is 10.1. The fraction of sp³-hybridized carbons (Fsp3) is 0.312. The number of aliphatic imine (C=N–C) groups is 1. The number of nitrogens with two attached hydrogens (primary N) is 1. The molecule has 0 atom stereocenters. The molecule has 2 rings (SSSR count). The van der Waals surface area contributed by atoms with Crippen LogP contribution < -0.4 is 11.1 Å². The zero-order chi connectivity index (χ0) is 14.5. The zero-order valence-electron chi connectivity index (χ0n) is 12.6. The van der Waals surface area contributed by atoms with Crippen molar-refractivity contribution in [2.45, 2.75) is 20.3 Å². The molecule has 5 heteroatoms. The largest absolute Gasteiger partial charge is 0.370 e. The molecule has 0 radical (unpaired) electrons. The van der Waals surface area contributed by atoms with Crippen molar-refractivity contribution < 1.29 is 0 Å². The molecule has 114 valence electrons. The normalized spacial score (nSPS) is 11.2. The number of aromatic nitrogens is 1. The molecule has 1 heterocycles. The molecule has 0 aliphatic rings. The number of nitrogens with zero attached hydrogens (tertiary/aromatic N) is 1. The second-order valence-corrected chi connectivity index (χ2v) is 5.20. The van der Waals surface area contributed by atoms with E-state index < -0.39 is 0 Å². The van der Waals surface area contributed by atoms with Crippen molar-refractivity contribution in [1.82, 2.24) is 10.3 Å². The van der Waals surface area contributed by atoms with Gasteiger partial charge in [-0.05, 0) is 37.5 Å². The van der Waals surface area contributed by atoms with Crippen LogP contribution in [0.4, 0.5) is 0 Å². The molecule has 1 aromatic carbocycles. The smallest absolute Gasteiger partial charge is 0.188 e. The minimum absolute atomic E-state index is 0. The van der Waals surface area contributed by atoms with Crippen molar-refractivity contribution in [1.29, 1.82) is 0 Å². The molecule has 0 spiro atoms. The first kappa shape index (κ1) is 17.6. The SMILES string of the molecule is C=C(C)CN=C(N)NCCc1c[nH]c2cc(C)ccc12.I. The molecule has 0 amide bonds. The summed E-state index contributed by atoms with van der Waals surface area (Å²) in [6, 6.07) is 6.46. The van der Waals surface area contributed by atoms with E-state index >= 15 is 0 Å². The van der Waals surface area contributed by atoms with Crippen LogP contribution in [0.15, 0.2) is 41.5 Å². The number of hydrogen-bond donors (Lipinski definition) is 3. The van der Waals surface area contributed by atoms with Crippen LogP contribution in [0, 0.1) is 6.92 Å². The Balaban J connectivity index is 0.00000220. The third-order valence-electron chi connectivity index (χ3n) is 3.14. The minimum Gasteiger partial charge on any atom is -0.370 e. The first-order valence-electron chi connectivity index (χ1n) is 6.81. The van der Waals surface area contributed by atoms with Gasteiger partial charge >= 0.3 is 0 Å². The van der Waals surface area contributed by atoms with Crippen molar-refractivity contribution >= 4 is 40.8 Å². The third-order valence-corrected chi connectivity index (χ3v) is 3.14. The first-order valence-corrected chi connectivity index (χ1v) is 6.81. The Morgan fingerprint density at radius 1 is 1.43 bits per heavy atom. The summed E-state index contributed by atoms with van der Waals surface area (Å²) in [5, 5.41) is 4.40. The maximum atomic E-state index is 5.78. The molecule has 0 aliphatic carbocycles. The first-order chi connectivity index (χ1) is 9.56. The van der Waals surface area contributed by atoms with Crippen molar-refractivity contribution in [3.63, 3.8) is 0 Å². The maximum Gasteiger partial charge on any atom is 0.188 e. The quantitative estimate of drug-likeness (QED) is 0.314. The molecule has 4 N–H and O–H groups in total. The van der Waals surface area contributed by atoms with Gasteiger partial charge in [-0.15, -0.1) is 24.0 Å². The number of fused-ring (bicyclic) bond motifs is 1. The van der Waals surface area contributed by atoms with Gasteiger partial charge in [0.2, 0.25) is 0 Å². The third kappa shape index (κ3) is 5.08. The molecule has 0 aliphatic heterocycles. The van der Waals surface area contributed by atoms with E-state index in [0.29, 0.717) is 12.5 Å². The van der Waals surface area contributed by atoms with E-state index in [1.54, 1.807) is 0 Å². The summed E-state index contributed by atoms with van der Waals surface area (Å²) in [5.74, 6) is 0.476. The van der Waals surface area contributed by atoms with E-state index in [9.17, 15) is 0 Å². The Morgan fingerprint density at radius 2 is 2.19 bits per heavy atom. The van der Waals surface area contributed by atoms with Gasteiger partial charge in [-0.1, -0.05) is 24.3 Å². The highest BCUT2D eigenvalue weighted by Crippen LogP contribution is 2.19. The van der Waals surface area contributed by atoms with Gasteiger partial charge in [-0.25, -0.2) is 4.99 Å². The predicted molar refractivity (Wildman–Crippen MR) is 101 cm³/mol. The fourth-order valence-electron chi connectivity index (χ4n) is 2.11. The lowest BCUT2D eigenvalue weighted by Crippen LogP contribution is -2.33. The van der Waals surface area contributed by atoms with Gasteiger partial charge in [-0.2, -0.15) is 0 Å². The summed E-state index contributed by atoms with van der Waals surface area (Å²) in [6.45, 7) is 9.17. The molecular weight excluding hydrogens is 375 g/mol. The number of nitrogens with one attached hydrogen (secondary N) is 2. The number of guanidine groups is 1. The number of rotatable bonds is 5. The van der Waals surface area contributed by atoms with Crippen LogP contribution >= 0.6 is 24.0 Å². The molecule has 0 saturated heterocycles. The number of aromatic amines is 1. The van der Waals surface area contributed by atoms with Gasteiger partial charge in [0, 0.05) is 23.6 Å². The Hall–Kier alpha value is -1.50. The summed E-state index contributed by atoms with van der Waals surface area (Å²) >= 11 is 0. The Kier molecular flexibility index (Phi) is 6.74. The molecular formula is C16H23IN4. The van der Waals surface area contributed by atoms with Crippen molar-refractivity contribution in [3.8, 4) is 0 Å². The molecule has 2 aromatic rings. The highest BCUT2D eigenvalue weighted by atomic mass is 127. The monoisotopic (exact) mass is 398 g/mol. The second-order valence-electron chi connectivity index (χ2n) is 5.20. The summed E-state index contributed by atoms with van der Waals surface area (Å²) in [6.07, 6.45) is 2.97. The molecule has 0 unspecified atom stereocenters. The summed E-state index contributed by atoms with van der Waals surface area (Å²) < 4.78 is 0. The van der Waals surface area contributed by atoms with Gasteiger partial charge in [0.1, 0.15) is 0 Å². The van der Waals surface area contributed by atoms with Crippen molar-refractivity contribution in [2.24, 2.45) is 10.7 Å². The number of aryl methyl sites for hydroxylation is 1. The van der Waals surface area contributed by atoms with E-state index in [-0.39, 0.29) is 24.0 Å². The number of H-pyrrole nitrogens is 1. The average molecular weight is 398 g/mol. The lowest BCUT2D eigenvalue weighted by molar-refractivity contribution is 0.856. The molecule has 0 fully saturated rings. The van der Waals surface area contributed by atoms with Crippen LogP contribution in [0.5, 0.6) is 0 Å². The second kappa shape index (κ2) is 8.07. The van der Waals surface area contributed by atoms with Gasteiger partial charge < -0.3 is 16.0 Å². The van der Waals surface area contributed by atoms with Crippen LogP contribution in [0.2, 0.25) is 0 Å². The van der Waals surface area contributed by atoms with Crippen LogP contribution in [-0.4, -0.2) is 24.0 Å². The van der Waals surface area contributed by atoms with Gasteiger partial charge in [-0.3, -0.25) is 0 Å². The van der Waals surface area contributed by atoms with Gasteiger partial charge in [0.25, 0.3) is 0 Å². The molecule has 0 bridgehead atoms. The maximum absolute atomic E-state index is 5.78. The fourth-order valence-corrected chi connectivity index (χ4v) is 2.11. The predicted octanol–water partition coefficient (Wildman–Crippen LogP) is 3.12. The number of hydrogen-bond acceptors (Lipinski definition) is 1. The van der Waals surface area contributed by atoms with Crippen LogP contribution in [0.25, 0.3) is 10.9 Å². The molecule has 1 aromatic heterocycles. The van der Waals surface area contributed by atoms with Gasteiger partial charge in [0.15, 0.2) is 5.96 Å². The van der Waals surface area contributed by atoms with Crippen LogP contribution in [-0.2, 0) is 6.42 Å². The standard InChI is InChI=1S/C16H22N4.HI/c1-11(2)9-20-16(17)18-7-6-13-10-19-15-8-12(3)4-5-14(13)15;/h4-5,8,10,19H,1,6-7,9H2,2-3H3,(H3,17,18,20);1H. The van der Waals surface area contributed by atoms with E-state index in [1.165, 1.54) is 22.0 Å². The summed E-state index contributed by atoms with van der Waals surface area (Å²) in [5.41, 5.74) is 10.5. The van der Waals surface area contributed by atoms with Crippen LogP contribution in [0.1, 0.15) is 18.1 Å². The molecule has 21 heavy (non-hydrogen) atoms. The van der Waals surface area contributed by atoms with E-state index in [1.807, 2.05) is 6.92 Å². The van der Waals surface area contributed by atoms with Crippen molar-refractivity contribution in [3.05, 3.63) is 47.7 Å². The Labute approximate surface area is 142 Å². The van der Waals surface area contributed by atoms with Crippen molar-refractivity contribution in [2.75, 3.05) is 13.1 Å². The highest BCUT2D eigenvalue weighted by molar-refractivity contribution is 14.0. The van der Waals surface area contributed by atoms with Crippen LogP contribution in [0.3, 0.4) is 0 Å². The lowest BCUT2D eigenvalue weighted by Gasteiger charge is -2.05. The van der Waals surface area contributed by atoms with E-state index in [2.05, 4.69) is 53.2 Å². The van der Waals surface area contributed by atoms with Gasteiger partial charge in [0.05, 0.1) is 6.54 Å². The Bertz CT molecular complexity index is 643. The zero-order valence-corrected chi connectivity index (χ0v) is 14.9. The number of benzene rings is 1. The topological polar surface area (TPSA) is 66.2 Å². The summed E-state index contributed by atoms with van der Waals surface area (Å²) in [7, 11) is 0. The molecule has 4 nitrogen and oxygen atoms in total. The molecule has 0 saturated carbocycles. The van der Waals surface area contributed by atoms with E-state index in [0.717, 1.165) is 18.5 Å². The average Bonchev–Trinajstić information content (AvgIpc) is 2.79. The minimum atomic E-state index is 0. The Morgan fingerprint density at radius 3 is 2.90 bits per heavy atom.